The summed E-state index contributed by atoms with van der Waals surface area (Å²) in [6.07, 6.45) is 0. The molecule has 0 bridgehead atoms. The smallest absolute Gasteiger partial charge is 0.341 e. The molecule has 2 N–H and O–H groups in total. The highest BCUT2D eigenvalue weighted by Gasteiger charge is 2.21. The Morgan fingerprint density at radius 1 is 1.06 bits per heavy atom. The number of hydrogen-bond donors (Lipinski definition) is 2. The SMILES string of the molecule is COC(=O)c1cccc(NC(=O)c2cc(-c3ccccc3)nc3c2c(C)nn3C)c1O. The van der Waals surface area contributed by atoms with Crippen LogP contribution in [0.1, 0.15) is 26.4 Å². The number of para-hydroxylation sites is 1. The molecule has 0 aliphatic rings. The van der Waals surface area contributed by atoms with Gasteiger partial charge >= 0.3 is 5.97 Å². The fourth-order valence-electron chi connectivity index (χ4n) is 3.49. The van der Waals surface area contributed by atoms with Crippen molar-refractivity contribution in [1.29, 1.82) is 0 Å². The van der Waals surface area contributed by atoms with E-state index in [2.05, 4.69) is 15.2 Å². The Kier molecular flexibility index (Phi) is 5.12. The molecular weight excluding hydrogens is 396 g/mol. The molecular formula is C23H20N4O4. The summed E-state index contributed by atoms with van der Waals surface area (Å²) in [6, 6.07) is 15.7. The Balaban J connectivity index is 1.82. The molecule has 0 atom stereocenters. The highest BCUT2D eigenvalue weighted by molar-refractivity contribution is 6.14. The Hall–Kier alpha value is -4.20. The summed E-state index contributed by atoms with van der Waals surface area (Å²) in [5.74, 6) is -1.52. The number of fused-ring (bicyclic) bond motifs is 1. The van der Waals surface area contributed by atoms with Gasteiger partial charge in [-0.05, 0) is 25.1 Å². The van der Waals surface area contributed by atoms with E-state index in [0.29, 0.717) is 28.0 Å². The second-order valence-electron chi connectivity index (χ2n) is 6.98. The molecule has 4 aromatic rings. The van der Waals surface area contributed by atoms with E-state index in [1.54, 1.807) is 30.8 Å². The summed E-state index contributed by atoms with van der Waals surface area (Å²) in [6.45, 7) is 1.80. The maximum atomic E-state index is 13.3. The largest absolute Gasteiger partial charge is 0.505 e. The number of aromatic hydroxyl groups is 1. The van der Waals surface area contributed by atoms with E-state index < -0.39 is 11.9 Å². The summed E-state index contributed by atoms with van der Waals surface area (Å²) in [4.78, 5) is 29.8. The number of benzene rings is 2. The van der Waals surface area contributed by atoms with E-state index >= 15 is 0 Å². The summed E-state index contributed by atoms with van der Waals surface area (Å²) >= 11 is 0. The molecule has 0 fully saturated rings. The topological polar surface area (TPSA) is 106 Å². The van der Waals surface area contributed by atoms with Gasteiger partial charge in [0.05, 0.1) is 35.1 Å². The molecule has 2 heterocycles. The minimum absolute atomic E-state index is 0.0392. The van der Waals surface area contributed by atoms with Crippen molar-refractivity contribution in [3.05, 3.63) is 71.4 Å². The van der Waals surface area contributed by atoms with Crippen molar-refractivity contribution < 1.29 is 19.4 Å². The predicted molar refractivity (Wildman–Crippen MR) is 116 cm³/mol. The zero-order valence-corrected chi connectivity index (χ0v) is 17.2. The molecule has 0 aliphatic carbocycles. The quantitative estimate of drug-likeness (QED) is 0.388. The van der Waals surface area contributed by atoms with E-state index in [9.17, 15) is 14.7 Å². The van der Waals surface area contributed by atoms with Crippen molar-refractivity contribution in [1.82, 2.24) is 14.8 Å². The molecule has 0 radical (unpaired) electrons. The number of ether oxygens (including phenoxy) is 1. The van der Waals surface area contributed by atoms with E-state index in [4.69, 9.17) is 4.98 Å². The number of phenolic OH excluding ortho intramolecular Hbond substituents is 1. The molecule has 2 aromatic heterocycles. The summed E-state index contributed by atoms with van der Waals surface area (Å²) < 4.78 is 6.30. The number of carbonyl (C=O) groups excluding carboxylic acids is 2. The lowest BCUT2D eigenvalue weighted by Gasteiger charge is -2.12. The molecule has 31 heavy (non-hydrogen) atoms. The van der Waals surface area contributed by atoms with Gasteiger partial charge in [0.1, 0.15) is 5.56 Å². The first-order valence-electron chi connectivity index (χ1n) is 9.52. The lowest BCUT2D eigenvalue weighted by Crippen LogP contribution is -2.14. The first kappa shape index (κ1) is 20.1. The van der Waals surface area contributed by atoms with Crippen LogP contribution in [0.5, 0.6) is 5.75 Å². The normalized spacial score (nSPS) is 10.8. The number of nitrogens with zero attached hydrogens (tertiary/aromatic N) is 3. The fraction of sp³-hybridized carbons (Fsp3) is 0.130. The number of aryl methyl sites for hydroxylation is 2. The van der Waals surface area contributed by atoms with Crippen molar-refractivity contribution in [3.8, 4) is 17.0 Å². The molecule has 0 spiro atoms. The number of phenols is 1. The number of rotatable bonds is 4. The van der Waals surface area contributed by atoms with Gasteiger partial charge < -0.3 is 15.2 Å². The highest BCUT2D eigenvalue weighted by Crippen LogP contribution is 2.31. The maximum absolute atomic E-state index is 13.3. The third-order valence-electron chi connectivity index (χ3n) is 4.97. The molecule has 1 amide bonds. The Morgan fingerprint density at radius 3 is 2.52 bits per heavy atom. The highest BCUT2D eigenvalue weighted by atomic mass is 16.5. The number of hydrogen-bond acceptors (Lipinski definition) is 6. The summed E-state index contributed by atoms with van der Waals surface area (Å²) in [7, 11) is 2.99. The molecule has 4 rings (SSSR count). The molecule has 8 heteroatoms. The number of methoxy groups -OCH3 is 1. The minimum Gasteiger partial charge on any atom is -0.505 e. The number of carbonyl (C=O) groups is 2. The second kappa shape index (κ2) is 7.91. The second-order valence-corrected chi connectivity index (χ2v) is 6.98. The third-order valence-corrected chi connectivity index (χ3v) is 4.97. The number of pyridine rings is 1. The van der Waals surface area contributed by atoms with Crippen LogP contribution < -0.4 is 5.32 Å². The van der Waals surface area contributed by atoms with Gasteiger partial charge in [0.25, 0.3) is 5.91 Å². The lowest BCUT2D eigenvalue weighted by atomic mass is 10.0. The van der Waals surface area contributed by atoms with Crippen molar-refractivity contribution in [2.24, 2.45) is 7.05 Å². The zero-order chi connectivity index (χ0) is 22.1. The lowest BCUT2D eigenvalue weighted by molar-refractivity contribution is 0.0597. The van der Waals surface area contributed by atoms with Crippen LogP contribution in [-0.2, 0) is 11.8 Å². The van der Waals surface area contributed by atoms with Gasteiger partial charge in [0, 0.05) is 12.6 Å². The molecule has 0 aliphatic heterocycles. The average Bonchev–Trinajstić information content (AvgIpc) is 3.08. The van der Waals surface area contributed by atoms with Gasteiger partial charge in [-0.3, -0.25) is 9.48 Å². The fourth-order valence-corrected chi connectivity index (χ4v) is 3.49. The predicted octanol–water partition coefficient (Wildman–Crippen LogP) is 3.69. The summed E-state index contributed by atoms with van der Waals surface area (Å²) in [5, 5.41) is 18.2. The standard InChI is InChI=1S/C23H20N4O4/c1-13-19-16(22(29)25-17-11-7-10-15(20(17)28)23(30)31-3)12-18(14-8-5-4-6-9-14)24-21(19)27(2)26-13/h4-12,28H,1-3H3,(H,25,29). The number of esters is 1. The monoisotopic (exact) mass is 416 g/mol. The van der Waals surface area contributed by atoms with Crippen molar-refractivity contribution in [3.63, 3.8) is 0 Å². The Morgan fingerprint density at radius 2 is 1.81 bits per heavy atom. The van der Waals surface area contributed by atoms with E-state index in [0.717, 1.165) is 5.56 Å². The van der Waals surface area contributed by atoms with Gasteiger partial charge in [-0.15, -0.1) is 0 Å². The van der Waals surface area contributed by atoms with Gasteiger partial charge in [-0.2, -0.15) is 5.10 Å². The van der Waals surface area contributed by atoms with Crippen LogP contribution in [0.3, 0.4) is 0 Å². The van der Waals surface area contributed by atoms with Crippen LogP contribution in [-0.4, -0.2) is 38.9 Å². The van der Waals surface area contributed by atoms with E-state index in [1.807, 2.05) is 30.3 Å². The Labute approximate surface area is 178 Å². The number of anilines is 1. The van der Waals surface area contributed by atoms with Crippen molar-refractivity contribution in [2.75, 3.05) is 12.4 Å². The molecule has 156 valence electrons. The number of amides is 1. The zero-order valence-electron chi connectivity index (χ0n) is 17.2. The van der Waals surface area contributed by atoms with Crippen LogP contribution in [0.4, 0.5) is 5.69 Å². The van der Waals surface area contributed by atoms with Crippen molar-refractivity contribution in [2.45, 2.75) is 6.92 Å². The van der Waals surface area contributed by atoms with Gasteiger partial charge in [-0.1, -0.05) is 36.4 Å². The minimum atomic E-state index is -0.700. The molecule has 0 saturated heterocycles. The van der Waals surface area contributed by atoms with Crippen LogP contribution >= 0.6 is 0 Å². The number of nitrogens with one attached hydrogen (secondary N) is 1. The van der Waals surface area contributed by atoms with Crippen LogP contribution in [0, 0.1) is 6.92 Å². The molecule has 0 unspecified atom stereocenters. The van der Waals surface area contributed by atoms with Crippen LogP contribution in [0.15, 0.2) is 54.6 Å². The van der Waals surface area contributed by atoms with Crippen molar-refractivity contribution >= 4 is 28.6 Å². The first-order valence-corrected chi connectivity index (χ1v) is 9.52. The van der Waals surface area contributed by atoms with Crippen LogP contribution in [0.2, 0.25) is 0 Å². The van der Waals surface area contributed by atoms with E-state index in [-0.39, 0.29) is 17.0 Å². The summed E-state index contributed by atoms with van der Waals surface area (Å²) in [5.41, 5.74) is 3.11. The molecule has 0 saturated carbocycles. The van der Waals surface area contributed by atoms with Gasteiger partial charge in [0.15, 0.2) is 11.4 Å². The van der Waals surface area contributed by atoms with Gasteiger partial charge in [-0.25, -0.2) is 9.78 Å². The molecule has 8 nitrogen and oxygen atoms in total. The number of aromatic nitrogens is 3. The van der Waals surface area contributed by atoms with Gasteiger partial charge in [0.2, 0.25) is 0 Å². The van der Waals surface area contributed by atoms with Crippen LogP contribution in [0.25, 0.3) is 22.3 Å². The Bertz CT molecular complexity index is 1310. The molecule has 2 aromatic carbocycles. The maximum Gasteiger partial charge on any atom is 0.341 e. The average molecular weight is 416 g/mol. The van der Waals surface area contributed by atoms with E-state index in [1.165, 1.54) is 19.2 Å². The third kappa shape index (κ3) is 3.59. The first-order chi connectivity index (χ1) is 14.9.